The molecule has 506 valence electrons. The summed E-state index contributed by atoms with van der Waals surface area (Å²) < 4.78 is 34.8. The predicted octanol–water partition coefficient (Wildman–Crippen LogP) is 24.7. The van der Waals surface area contributed by atoms with Crippen LogP contribution in [0.2, 0.25) is 0 Å². The first-order chi connectivity index (χ1) is 41.5. The first kappa shape index (κ1) is 83.8. The van der Waals surface area contributed by atoms with Crippen LogP contribution in [-0.4, -0.2) is 74.9 Å². The maximum Gasteiger partial charge on any atom is 0.472 e. The highest BCUT2D eigenvalue weighted by atomic mass is 31.2. The third-order valence-corrected chi connectivity index (χ3v) is 18.5. The summed E-state index contributed by atoms with van der Waals surface area (Å²) in [6.45, 7) is 4.53. The average Bonchev–Trinajstić information content (AvgIpc) is 3.54. The normalized spacial score (nSPS) is 13.1. The second-order valence-electron chi connectivity index (χ2n) is 27.4. The van der Waals surface area contributed by atoms with Crippen LogP contribution in [0.4, 0.5) is 0 Å². The van der Waals surface area contributed by atoms with E-state index in [4.69, 9.17) is 18.5 Å². The summed E-state index contributed by atoms with van der Waals surface area (Å²) in [5.41, 5.74) is 0. The zero-order valence-electron chi connectivity index (χ0n) is 57.9. The van der Waals surface area contributed by atoms with Crippen LogP contribution in [0.25, 0.3) is 0 Å². The summed E-state index contributed by atoms with van der Waals surface area (Å²) in [5.74, 6) is -0.768. The van der Waals surface area contributed by atoms with Gasteiger partial charge in [0.05, 0.1) is 27.7 Å². The number of esters is 2. The van der Waals surface area contributed by atoms with Crippen LogP contribution in [0.3, 0.4) is 0 Å². The molecule has 0 spiro atoms. The van der Waals surface area contributed by atoms with Gasteiger partial charge in [-0.1, -0.05) is 366 Å². The van der Waals surface area contributed by atoms with Crippen LogP contribution in [0, 0.1) is 0 Å². The molecule has 0 radical (unpaired) electrons. The van der Waals surface area contributed by atoms with E-state index in [2.05, 4.69) is 26.0 Å². The molecule has 0 heterocycles. The van der Waals surface area contributed by atoms with Crippen LogP contribution in [0.1, 0.15) is 406 Å². The molecule has 0 rings (SSSR count). The number of carbonyl (C=O) groups is 2. The topological polar surface area (TPSA) is 108 Å². The van der Waals surface area contributed by atoms with E-state index in [-0.39, 0.29) is 25.6 Å². The molecule has 0 aliphatic heterocycles. The summed E-state index contributed by atoms with van der Waals surface area (Å²) in [5, 5.41) is 0. The second-order valence-corrected chi connectivity index (χ2v) is 28.9. The molecule has 0 aromatic carbocycles. The number of hydrogen-bond acceptors (Lipinski definition) is 7. The molecule has 10 heteroatoms. The number of nitrogens with zero attached hydrogens (tertiary/aromatic N) is 1. The van der Waals surface area contributed by atoms with Crippen LogP contribution in [0.5, 0.6) is 0 Å². The molecule has 0 amide bonds. The van der Waals surface area contributed by atoms with Crippen LogP contribution in [-0.2, 0) is 32.7 Å². The summed E-state index contributed by atoms with van der Waals surface area (Å²) in [6.07, 6.45) is 83.5. The zero-order valence-corrected chi connectivity index (χ0v) is 58.8. The van der Waals surface area contributed by atoms with Crippen molar-refractivity contribution >= 4 is 19.8 Å². The lowest BCUT2D eigenvalue weighted by Crippen LogP contribution is -2.37. The summed E-state index contributed by atoms with van der Waals surface area (Å²) in [6, 6.07) is 0. The quantitative estimate of drug-likeness (QED) is 0.0211. The standard InChI is InChI=1S/C75H148NO8P/c1-6-8-10-12-14-16-18-20-22-24-26-28-30-32-34-36-37-38-39-40-42-44-46-48-50-52-54-56-58-60-62-64-66-68-75(78)84-73(72-83-85(79,80)82-70-69-76(3,4)5)71-81-74(77)67-65-63-61-59-57-55-53-51-49-47-45-43-41-35-33-31-29-27-25-23-21-19-17-15-13-11-9-7-2/h24,26,73H,6-23,25,27-72H2,1-5H3/p+1/b26-24-. The number of allylic oxidation sites excluding steroid dienone is 2. The van der Waals surface area contributed by atoms with Gasteiger partial charge in [-0.3, -0.25) is 18.6 Å². The Morgan fingerprint density at radius 3 is 0.871 bits per heavy atom. The number of ether oxygens (including phenoxy) is 2. The number of unbranched alkanes of at least 4 members (excludes halogenated alkanes) is 56. The van der Waals surface area contributed by atoms with Gasteiger partial charge in [-0.2, -0.15) is 0 Å². The van der Waals surface area contributed by atoms with E-state index in [0.717, 1.165) is 38.5 Å². The Balaban J connectivity index is 3.93. The number of carbonyl (C=O) groups excluding carboxylic acids is 2. The molecule has 85 heavy (non-hydrogen) atoms. The molecule has 0 aliphatic carbocycles. The van der Waals surface area contributed by atoms with Crippen molar-refractivity contribution in [3.05, 3.63) is 12.2 Å². The molecule has 0 aromatic heterocycles. The third kappa shape index (κ3) is 71.7. The van der Waals surface area contributed by atoms with Crippen molar-refractivity contribution in [2.24, 2.45) is 0 Å². The van der Waals surface area contributed by atoms with Crippen molar-refractivity contribution in [3.63, 3.8) is 0 Å². The van der Waals surface area contributed by atoms with Gasteiger partial charge in [0, 0.05) is 12.8 Å². The van der Waals surface area contributed by atoms with Crippen LogP contribution in [0.15, 0.2) is 12.2 Å². The molecule has 0 aromatic rings. The van der Waals surface area contributed by atoms with Crippen molar-refractivity contribution in [3.8, 4) is 0 Å². The van der Waals surface area contributed by atoms with Gasteiger partial charge in [0.25, 0.3) is 0 Å². The lowest BCUT2D eigenvalue weighted by Gasteiger charge is -2.24. The fourth-order valence-electron chi connectivity index (χ4n) is 11.7. The molecule has 2 atom stereocenters. The average molecular weight is 1220 g/mol. The maximum atomic E-state index is 12.9. The monoisotopic (exact) mass is 1220 g/mol. The third-order valence-electron chi connectivity index (χ3n) is 17.5. The zero-order chi connectivity index (χ0) is 61.9. The fraction of sp³-hybridized carbons (Fsp3) is 0.947. The van der Waals surface area contributed by atoms with Gasteiger partial charge < -0.3 is 18.9 Å². The summed E-state index contributed by atoms with van der Waals surface area (Å²) in [7, 11) is 1.51. The van der Waals surface area contributed by atoms with Crippen LogP contribution < -0.4 is 0 Å². The Bertz CT molecular complexity index is 1440. The largest absolute Gasteiger partial charge is 0.472 e. The predicted molar refractivity (Wildman–Crippen MR) is 368 cm³/mol. The van der Waals surface area contributed by atoms with E-state index in [1.807, 2.05) is 21.1 Å². The molecule has 1 N–H and O–H groups in total. The van der Waals surface area contributed by atoms with Gasteiger partial charge in [-0.25, -0.2) is 4.57 Å². The van der Waals surface area contributed by atoms with Crippen molar-refractivity contribution in [1.82, 2.24) is 0 Å². The number of likely N-dealkylation sites (N-methyl/N-ethyl adjacent to an activating group) is 1. The number of phosphoric acid groups is 1. The molecular weight excluding hydrogens is 1070 g/mol. The van der Waals surface area contributed by atoms with Gasteiger partial charge in [0.15, 0.2) is 6.10 Å². The Labute approximate surface area is 530 Å². The number of quaternary nitrogens is 1. The highest BCUT2D eigenvalue weighted by Crippen LogP contribution is 2.43. The van der Waals surface area contributed by atoms with Crippen molar-refractivity contribution in [2.75, 3.05) is 47.5 Å². The van der Waals surface area contributed by atoms with Gasteiger partial charge in [-0.05, 0) is 38.5 Å². The molecule has 0 saturated heterocycles. The van der Waals surface area contributed by atoms with E-state index in [1.54, 1.807) is 0 Å². The summed E-state index contributed by atoms with van der Waals surface area (Å²) in [4.78, 5) is 35.9. The lowest BCUT2D eigenvalue weighted by atomic mass is 10.0. The Hall–Kier alpha value is -1.25. The highest BCUT2D eigenvalue weighted by Gasteiger charge is 2.27. The molecule has 0 aliphatic rings. The first-order valence-corrected chi connectivity index (χ1v) is 39.4. The van der Waals surface area contributed by atoms with E-state index < -0.39 is 26.5 Å². The molecule has 2 unspecified atom stereocenters. The van der Waals surface area contributed by atoms with Gasteiger partial charge in [0.2, 0.25) is 0 Å². The fourth-order valence-corrected chi connectivity index (χ4v) is 12.5. The minimum atomic E-state index is -4.39. The maximum absolute atomic E-state index is 12.9. The highest BCUT2D eigenvalue weighted by molar-refractivity contribution is 7.47. The number of phosphoric ester groups is 1. The molecule has 9 nitrogen and oxygen atoms in total. The first-order valence-electron chi connectivity index (χ1n) is 37.9. The Kier molecular flexibility index (Phi) is 66.2. The summed E-state index contributed by atoms with van der Waals surface area (Å²) >= 11 is 0. The minimum Gasteiger partial charge on any atom is -0.462 e. The van der Waals surface area contributed by atoms with Gasteiger partial charge in [0.1, 0.15) is 19.8 Å². The van der Waals surface area contributed by atoms with Gasteiger partial charge >= 0.3 is 19.8 Å². The Morgan fingerprint density at radius 2 is 0.600 bits per heavy atom. The number of hydrogen-bond donors (Lipinski definition) is 1. The van der Waals surface area contributed by atoms with Crippen molar-refractivity contribution in [1.29, 1.82) is 0 Å². The van der Waals surface area contributed by atoms with E-state index in [0.29, 0.717) is 17.4 Å². The smallest absolute Gasteiger partial charge is 0.462 e. The minimum absolute atomic E-state index is 0.0369. The van der Waals surface area contributed by atoms with Gasteiger partial charge in [-0.15, -0.1) is 0 Å². The molecule has 0 fully saturated rings. The molecule has 0 bridgehead atoms. The second kappa shape index (κ2) is 67.2. The van der Waals surface area contributed by atoms with E-state index in [9.17, 15) is 19.0 Å². The number of rotatable bonds is 72. The van der Waals surface area contributed by atoms with Crippen molar-refractivity contribution < 1.29 is 42.1 Å². The SMILES string of the molecule is CCCCCCCCCC/C=C\CCCCCCCCCCCCCCCCCCCCCCCC(=O)OC(COC(=O)CCCCCCCCCCCCCCCCCCCCCCCCCCCCCC)COP(=O)(O)OCC[N+](C)(C)C. The molecular formula is C75H149NO8P+. The van der Waals surface area contributed by atoms with E-state index >= 15 is 0 Å². The molecule has 0 saturated carbocycles. The van der Waals surface area contributed by atoms with Crippen LogP contribution >= 0.6 is 7.82 Å². The lowest BCUT2D eigenvalue weighted by molar-refractivity contribution is -0.870. The van der Waals surface area contributed by atoms with E-state index in [1.165, 1.54) is 340 Å². The Morgan fingerprint density at radius 1 is 0.353 bits per heavy atom. The van der Waals surface area contributed by atoms with Crippen molar-refractivity contribution in [2.45, 2.75) is 412 Å².